The number of carboxylic acids is 1. The Morgan fingerprint density at radius 1 is 0.889 bits per heavy atom. The van der Waals surface area contributed by atoms with Crippen LogP contribution in [0.3, 0.4) is 0 Å². The molecule has 198 valence electrons. The van der Waals surface area contributed by atoms with Gasteiger partial charge in [0.15, 0.2) is 6.10 Å². The van der Waals surface area contributed by atoms with Gasteiger partial charge in [-0.05, 0) is 55.3 Å². The van der Waals surface area contributed by atoms with Crippen molar-refractivity contribution in [1.82, 2.24) is 4.90 Å². The van der Waals surface area contributed by atoms with E-state index in [0.717, 1.165) is 24.8 Å². The summed E-state index contributed by atoms with van der Waals surface area (Å²) < 4.78 is 29.7. The lowest BCUT2D eigenvalue weighted by Gasteiger charge is -2.22. The summed E-state index contributed by atoms with van der Waals surface area (Å²) in [6, 6.07) is 12.5. The Balaban J connectivity index is 1.88. The van der Waals surface area contributed by atoms with E-state index in [1.807, 2.05) is 0 Å². The average Bonchev–Trinajstić information content (AvgIpc) is 2.87. The average molecular weight is 504 g/mol. The Morgan fingerprint density at radius 3 is 2.17 bits per heavy atom. The van der Waals surface area contributed by atoms with Gasteiger partial charge in [0.1, 0.15) is 23.9 Å². The highest BCUT2D eigenvalue weighted by atomic mass is 19.1. The lowest BCUT2D eigenvalue weighted by molar-refractivity contribution is -0.149. The predicted molar refractivity (Wildman–Crippen MR) is 136 cm³/mol. The van der Waals surface area contributed by atoms with Crippen LogP contribution >= 0.6 is 0 Å². The van der Waals surface area contributed by atoms with Gasteiger partial charge in [-0.2, -0.15) is 0 Å². The lowest BCUT2D eigenvalue weighted by atomic mass is 10.1. The molecule has 2 rings (SSSR count). The predicted octanol–water partition coefficient (Wildman–Crippen LogP) is 6.10. The van der Waals surface area contributed by atoms with E-state index in [1.165, 1.54) is 43.5 Å². The molecule has 0 spiro atoms. The van der Waals surface area contributed by atoms with Crippen LogP contribution in [0, 0.1) is 5.82 Å². The summed E-state index contributed by atoms with van der Waals surface area (Å²) in [5, 5.41) is 9.25. The largest absolute Gasteiger partial charge is 0.492 e. The van der Waals surface area contributed by atoms with Crippen LogP contribution in [-0.2, 0) is 16.0 Å². The van der Waals surface area contributed by atoms with Crippen LogP contribution in [0.25, 0.3) is 0 Å². The van der Waals surface area contributed by atoms with Crippen LogP contribution in [0.2, 0.25) is 0 Å². The molecule has 0 aliphatic carbocycles. The molecule has 7 nitrogen and oxygen atoms in total. The molecular formula is C28H38FNO6. The fourth-order valence-corrected chi connectivity index (χ4v) is 3.67. The molecule has 1 atom stereocenters. The molecule has 0 bridgehead atoms. The summed E-state index contributed by atoms with van der Waals surface area (Å²) >= 11 is 0. The van der Waals surface area contributed by atoms with Gasteiger partial charge < -0.3 is 24.2 Å². The Bertz CT molecular complexity index is 903. The fraction of sp³-hybridized carbons (Fsp3) is 0.500. The van der Waals surface area contributed by atoms with Gasteiger partial charge in [-0.1, -0.05) is 51.2 Å². The number of ether oxygens (including phenoxy) is 3. The number of hydrogen-bond donors (Lipinski definition) is 1. The number of benzene rings is 2. The molecule has 0 aliphatic heterocycles. The Morgan fingerprint density at radius 2 is 1.53 bits per heavy atom. The number of hydrogen-bond acceptors (Lipinski definition) is 5. The number of aliphatic carboxylic acids is 1. The fourth-order valence-electron chi connectivity index (χ4n) is 3.67. The van der Waals surface area contributed by atoms with Crippen molar-refractivity contribution in [3.8, 4) is 11.5 Å². The van der Waals surface area contributed by atoms with Crippen LogP contribution < -0.4 is 9.47 Å². The zero-order valence-electron chi connectivity index (χ0n) is 21.3. The van der Waals surface area contributed by atoms with E-state index in [-0.39, 0.29) is 18.8 Å². The summed E-state index contributed by atoms with van der Waals surface area (Å²) in [6.45, 7) is 5.42. The van der Waals surface area contributed by atoms with Crippen LogP contribution in [0.4, 0.5) is 9.18 Å². The smallest absolute Gasteiger partial charge is 0.415 e. The molecule has 0 aliphatic rings. The van der Waals surface area contributed by atoms with Gasteiger partial charge in [0.05, 0.1) is 6.54 Å². The Labute approximate surface area is 213 Å². The maximum absolute atomic E-state index is 13.2. The zero-order valence-corrected chi connectivity index (χ0v) is 21.3. The van der Waals surface area contributed by atoms with E-state index in [9.17, 15) is 19.1 Å². The highest BCUT2D eigenvalue weighted by Crippen LogP contribution is 2.16. The number of nitrogens with zero attached hydrogens (tertiary/aromatic N) is 1. The minimum absolute atomic E-state index is 0.268. The highest BCUT2D eigenvalue weighted by Gasteiger charge is 2.18. The molecule has 1 N–H and O–H groups in total. The summed E-state index contributed by atoms with van der Waals surface area (Å²) in [6.07, 6.45) is 5.49. The molecule has 2 aromatic rings. The van der Waals surface area contributed by atoms with Crippen LogP contribution in [-0.4, -0.2) is 54.5 Å². The molecule has 36 heavy (non-hydrogen) atoms. The van der Waals surface area contributed by atoms with Crippen molar-refractivity contribution in [2.75, 3.05) is 26.3 Å². The number of carbonyl (C=O) groups is 2. The SMILES string of the molecule is CCCCCCCCN(CCOc1ccc(CC(OCC)C(=O)O)cc1)C(=O)Oc1ccc(F)cc1. The van der Waals surface area contributed by atoms with Gasteiger partial charge in [0.25, 0.3) is 0 Å². The summed E-state index contributed by atoms with van der Waals surface area (Å²) in [5.74, 6) is -0.476. The zero-order chi connectivity index (χ0) is 26.2. The normalized spacial score (nSPS) is 11.6. The van der Waals surface area contributed by atoms with Crippen LogP contribution in [0.5, 0.6) is 11.5 Å². The Hall–Kier alpha value is -3.13. The summed E-state index contributed by atoms with van der Waals surface area (Å²) in [4.78, 5) is 25.6. The second kappa shape index (κ2) is 16.5. The molecule has 1 unspecified atom stereocenters. The first-order valence-corrected chi connectivity index (χ1v) is 12.7. The van der Waals surface area contributed by atoms with E-state index in [4.69, 9.17) is 14.2 Å². The molecule has 0 radical (unpaired) electrons. The van der Waals surface area contributed by atoms with E-state index in [2.05, 4.69) is 6.92 Å². The van der Waals surface area contributed by atoms with Gasteiger partial charge >= 0.3 is 12.1 Å². The van der Waals surface area contributed by atoms with Crippen molar-refractivity contribution in [3.63, 3.8) is 0 Å². The van der Waals surface area contributed by atoms with Crippen molar-refractivity contribution in [2.45, 2.75) is 64.9 Å². The summed E-state index contributed by atoms with van der Waals surface area (Å²) in [7, 11) is 0. The third-order valence-electron chi connectivity index (χ3n) is 5.68. The third kappa shape index (κ3) is 11.1. The molecule has 8 heteroatoms. The minimum Gasteiger partial charge on any atom is -0.492 e. The van der Waals surface area contributed by atoms with Gasteiger partial charge in [0, 0.05) is 19.6 Å². The first-order chi connectivity index (χ1) is 17.4. The number of carboxylic acid groups (broad SMARTS) is 1. The second-order valence-electron chi connectivity index (χ2n) is 8.56. The molecule has 0 saturated heterocycles. The summed E-state index contributed by atoms with van der Waals surface area (Å²) in [5.41, 5.74) is 0.829. The van der Waals surface area contributed by atoms with Gasteiger partial charge in [-0.15, -0.1) is 0 Å². The van der Waals surface area contributed by atoms with Crippen molar-refractivity contribution in [1.29, 1.82) is 0 Å². The number of amides is 1. The topological polar surface area (TPSA) is 85.3 Å². The van der Waals surface area contributed by atoms with Crippen LogP contribution in [0.15, 0.2) is 48.5 Å². The Kier molecular flexibility index (Phi) is 13.4. The lowest BCUT2D eigenvalue weighted by Crippen LogP contribution is -2.37. The van der Waals surface area contributed by atoms with Crippen molar-refractivity contribution in [2.24, 2.45) is 0 Å². The van der Waals surface area contributed by atoms with E-state index < -0.39 is 24.0 Å². The molecular weight excluding hydrogens is 465 g/mol. The van der Waals surface area contributed by atoms with Crippen molar-refractivity contribution in [3.05, 3.63) is 59.9 Å². The van der Waals surface area contributed by atoms with Crippen molar-refractivity contribution < 1.29 is 33.3 Å². The quantitative estimate of drug-likeness (QED) is 0.263. The standard InChI is InChI=1S/C28H38FNO6/c1-3-5-6-7-8-9-18-30(28(33)36-25-16-12-23(29)13-17-25)19-20-35-24-14-10-22(11-15-24)21-26(27(31)32)34-4-2/h10-17,26H,3-9,18-21H2,1-2H3,(H,31,32). The van der Waals surface area contributed by atoms with Gasteiger partial charge in [-0.3, -0.25) is 0 Å². The van der Waals surface area contributed by atoms with Crippen LogP contribution in [0.1, 0.15) is 57.9 Å². The monoisotopic (exact) mass is 503 g/mol. The first-order valence-electron chi connectivity index (χ1n) is 12.7. The molecule has 0 saturated carbocycles. The van der Waals surface area contributed by atoms with E-state index >= 15 is 0 Å². The van der Waals surface area contributed by atoms with Gasteiger partial charge in [0.2, 0.25) is 0 Å². The molecule has 1 amide bonds. The third-order valence-corrected chi connectivity index (χ3v) is 5.68. The number of halogens is 1. The number of carbonyl (C=O) groups excluding carboxylic acids is 1. The van der Waals surface area contributed by atoms with E-state index in [1.54, 1.807) is 36.1 Å². The maximum atomic E-state index is 13.2. The number of rotatable bonds is 17. The molecule has 0 heterocycles. The van der Waals surface area contributed by atoms with E-state index in [0.29, 0.717) is 25.4 Å². The highest BCUT2D eigenvalue weighted by molar-refractivity contribution is 5.72. The maximum Gasteiger partial charge on any atom is 0.415 e. The van der Waals surface area contributed by atoms with Gasteiger partial charge in [-0.25, -0.2) is 14.0 Å². The molecule has 0 fully saturated rings. The molecule has 2 aromatic carbocycles. The number of unbranched alkanes of at least 4 members (excludes halogenated alkanes) is 5. The second-order valence-corrected chi connectivity index (χ2v) is 8.56. The van der Waals surface area contributed by atoms with Crippen molar-refractivity contribution >= 4 is 12.1 Å². The molecule has 0 aromatic heterocycles. The minimum atomic E-state index is -0.991. The first kappa shape index (κ1) is 29.1.